The average molecular weight is 269 g/mol. The smallest absolute Gasteiger partial charge is 0.234 e. The first-order valence-electron chi connectivity index (χ1n) is 5.83. The molecule has 3 aromatic carbocycles. The zero-order valence-electron chi connectivity index (χ0n) is 9.89. The first kappa shape index (κ1) is 11.9. The van der Waals surface area contributed by atoms with E-state index in [9.17, 15) is 9.59 Å². The van der Waals surface area contributed by atoms with Gasteiger partial charge in [-0.05, 0) is 23.3 Å². The van der Waals surface area contributed by atoms with Crippen LogP contribution in [0.2, 0.25) is 5.02 Å². The van der Waals surface area contributed by atoms with Crippen molar-refractivity contribution in [2.24, 2.45) is 0 Å². The number of hydrogen-bond donors (Lipinski definition) is 0. The van der Waals surface area contributed by atoms with Crippen molar-refractivity contribution in [1.29, 1.82) is 0 Å². The van der Waals surface area contributed by atoms with E-state index in [1.165, 1.54) is 0 Å². The van der Waals surface area contributed by atoms with Crippen LogP contribution in [0, 0.1) is 0 Å². The molecule has 3 rings (SSSR count). The molecular formula is C16H9ClO2. The number of benzene rings is 2. The third kappa shape index (κ3) is 1.90. The fraction of sp³-hybridized carbons (Fsp3) is 0. The molecule has 0 saturated heterocycles. The van der Waals surface area contributed by atoms with Gasteiger partial charge in [-0.2, -0.15) is 0 Å². The molecule has 0 aromatic heterocycles. The average Bonchev–Trinajstić information content (AvgIpc) is 2.46. The molecular weight excluding hydrogens is 260 g/mol. The standard InChI is InChI=1S/C16H9ClO2/c17-12-8-6-11(7-9-12)14-13(15(18)16(14)19)10-4-2-1-3-5-10/h1-9H. The van der Waals surface area contributed by atoms with Crippen molar-refractivity contribution in [3.8, 4) is 22.3 Å². The Bertz CT molecular complexity index is 795. The third-order valence-electron chi connectivity index (χ3n) is 3.11. The Kier molecular flexibility index (Phi) is 2.80. The van der Waals surface area contributed by atoms with E-state index in [2.05, 4.69) is 0 Å². The highest BCUT2D eigenvalue weighted by molar-refractivity contribution is 6.30. The maximum atomic E-state index is 11.8. The molecule has 0 spiro atoms. The van der Waals surface area contributed by atoms with Crippen molar-refractivity contribution in [3.63, 3.8) is 0 Å². The van der Waals surface area contributed by atoms with E-state index >= 15 is 0 Å². The van der Waals surface area contributed by atoms with Crippen molar-refractivity contribution in [1.82, 2.24) is 0 Å². The van der Waals surface area contributed by atoms with Crippen LogP contribution < -0.4 is 10.9 Å². The lowest BCUT2D eigenvalue weighted by molar-refractivity contribution is 1.40. The van der Waals surface area contributed by atoms with E-state index in [-0.39, 0.29) is 0 Å². The van der Waals surface area contributed by atoms with Gasteiger partial charge in [-0.1, -0.05) is 54.1 Å². The van der Waals surface area contributed by atoms with Crippen molar-refractivity contribution < 1.29 is 0 Å². The van der Waals surface area contributed by atoms with E-state index in [4.69, 9.17) is 11.6 Å². The van der Waals surface area contributed by atoms with Crippen LogP contribution in [0.3, 0.4) is 0 Å². The van der Waals surface area contributed by atoms with Gasteiger partial charge in [-0.15, -0.1) is 0 Å². The Morgan fingerprint density at radius 2 is 1.11 bits per heavy atom. The zero-order valence-corrected chi connectivity index (χ0v) is 10.6. The normalized spacial score (nSPS) is 10.8. The lowest BCUT2D eigenvalue weighted by atomic mass is 9.89. The molecule has 0 N–H and O–H groups in total. The number of rotatable bonds is 2. The summed E-state index contributed by atoms with van der Waals surface area (Å²) in [5.74, 6) is 0. The summed E-state index contributed by atoms with van der Waals surface area (Å²) in [5.41, 5.74) is 1.63. The second-order valence-corrected chi connectivity index (χ2v) is 4.72. The van der Waals surface area contributed by atoms with Gasteiger partial charge in [0.05, 0.1) is 0 Å². The van der Waals surface area contributed by atoms with E-state index in [0.717, 1.165) is 11.1 Å². The summed E-state index contributed by atoms with van der Waals surface area (Å²) in [5, 5.41) is 0.601. The van der Waals surface area contributed by atoms with Crippen LogP contribution in [0.5, 0.6) is 0 Å². The molecule has 0 atom stereocenters. The van der Waals surface area contributed by atoms with Gasteiger partial charge in [-0.25, -0.2) is 0 Å². The van der Waals surface area contributed by atoms with Crippen LogP contribution in [0.1, 0.15) is 0 Å². The Labute approximate surface area is 114 Å². The van der Waals surface area contributed by atoms with Gasteiger partial charge < -0.3 is 0 Å². The van der Waals surface area contributed by atoms with E-state index in [1.807, 2.05) is 30.3 Å². The first-order valence-corrected chi connectivity index (χ1v) is 6.21. The Morgan fingerprint density at radius 1 is 0.632 bits per heavy atom. The summed E-state index contributed by atoms with van der Waals surface area (Å²) in [6, 6.07) is 16.2. The molecule has 0 unspecified atom stereocenters. The summed E-state index contributed by atoms with van der Waals surface area (Å²) in [6.45, 7) is 0. The van der Waals surface area contributed by atoms with E-state index in [1.54, 1.807) is 24.3 Å². The fourth-order valence-corrected chi connectivity index (χ4v) is 2.29. The van der Waals surface area contributed by atoms with Gasteiger partial charge in [-0.3, -0.25) is 9.59 Å². The first-order chi connectivity index (χ1) is 9.18. The lowest BCUT2D eigenvalue weighted by Gasteiger charge is -2.11. The maximum Gasteiger partial charge on any atom is 0.234 e. The van der Waals surface area contributed by atoms with Crippen molar-refractivity contribution in [2.75, 3.05) is 0 Å². The Balaban J connectivity index is 2.19. The van der Waals surface area contributed by atoms with Gasteiger partial charge in [0.1, 0.15) is 0 Å². The largest absolute Gasteiger partial charge is 0.285 e. The molecule has 0 aliphatic carbocycles. The summed E-state index contributed by atoms with van der Waals surface area (Å²) in [4.78, 5) is 23.6. The quantitative estimate of drug-likeness (QED) is 0.669. The molecule has 0 aliphatic heterocycles. The molecule has 0 amide bonds. The van der Waals surface area contributed by atoms with Crippen LogP contribution in [0.15, 0.2) is 64.2 Å². The van der Waals surface area contributed by atoms with Crippen molar-refractivity contribution in [3.05, 3.63) is 80.1 Å². The summed E-state index contributed by atoms with van der Waals surface area (Å²) >= 11 is 5.83. The second kappa shape index (κ2) is 4.48. The lowest BCUT2D eigenvalue weighted by Crippen LogP contribution is -2.34. The highest BCUT2D eigenvalue weighted by atomic mass is 35.5. The topological polar surface area (TPSA) is 34.1 Å². The maximum absolute atomic E-state index is 11.8. The van der Waals surface area contributed by atoms with Gasteiger partial charge in [0.2, 0.25) is 10.9 Å². The molecule has 2 nitrogen and oxygen atoms in total. The summed E-state index contributed by atoms with van der Waals surface area (Å²) in [7, 11) is 0. The molecule has 0 heterocycles. The van der Waals surface area contributed by atoms with E-state index in [0.29, 0.717) is 16.1 Å². The van der Waals surface area contributed by atoms with Crippen LogP contribution >= 0.6 is 11.6 Å². The molecule has 3 heteroatoms. The molecule has 0 aliphatic rings. The van der Waals surface area contributed by atoms with Gasteiger partial charge in [0.25, 0.3) is 0 Å². The van der Waals surface area contributed by atoms with Crippen molar-refractivity contribution in [2.45, 2.75) is 0 Å². The molecule has 19 heavy (non-hydrogen) atoms. The van der Waals surface area contributed by atoms with Crippen LogP contribution in [-0.2, 0) is 0 Å². The Hall–Kier alpha value is -2.19. The molecule has 0 radical (unpaired) electrons. The predicted molar refractivity (Wildman–Crippen MR) is 77.2 cm³/mol. The third-order valence-corrected chi connectivity index (χ3v) is 3.36. The summed E-state index contributed by atoms with van der Waals surface area (Å²) in [6.07, 6.45) is 0. The number of halogens is 1. The molecule has 92 valence electrons. The van der Waals surface area contributed by atoms with Gasteiger partial charge in [0, 0.05) is 16.1 Å². The number of hydrogen-bond acceptors (Lipinski definition) is 2. The monoisotopic (exact) mass is 268 g/mol. The molecule has 0 bridgehead atoms. The minimum atomic E-state index is -0.429. The molecule has 0 fully saturated rings. The van der Waals surface area contributed by atoms with Gasteiger partial charge >= 0.3 is 0 Å². The highest BCUT2D eigenvalue weighted by Crippen LogP contribution is 2.28. The minimum absolute atomic E-state index is 0.420. The zero-order chi connectivity index (χ0) is 13.4. The van der Waals surface area contributed by atoms with Crippen molar-refractivity contribution >= 4 is 11.6 Å². The highest BCUT2D eigenvalue weighted by Gasteiger charge is 2.22. The SMILES string of the molecule is O=c1c(-c2ccccc2)c(-c2ccc(Cl)cc2)c1=O. The molecule has 0 saturated carbocycles. The fourth-order valence-electron chi connectivity index (χ4n) is 2.16. The Morgan fingerprint density at radius 3 is 1.63 bits per heavy atom. The second-order valence-electron chi connectivity index (χ2n) is 4.28. The van der Waals surface area contributed by atoms with Gasteiger partial charge in [0.15, 0.2) is 0 Å². The van der Waals surface area contributed by atoms with E-state index < -0.39 is 10.9 Å². The predicted octanol–water partition coefficient (Wildman–Crippen LogP) is 3.27. The van der Waals surface area contributed by atoms with Crippen LogP contribution in [-0.4, -0.2) is 0 Å². The molecule has 3 aromatic rings. The minimum Gasteiger partial charge on any atom is -0.285 e. The van der Waals surface area contributed by atoms with Crippen LogP contribution in [0.4, 0.5) is 0 Å². The van der Waals surface area contributed by atoms with Crippen LogP contribution in [0.25, 0.3) is 22.3 Å². The summed E-state index contributed by atoms with van der Waals surface area (Å²) < 4.78 is 0.